The molecule has 0 atom stereocenters. The number of halogens is 4. The van der Waals surface area contributed by atoms with Gasteiger partial charge in [0.2, 0.25) is 0 Å². The summed E-state index contributed by atoms with van der Waals surface area (Å²) in [6.45, 7) is 15.6. The summed E-state index contributed by atoms with van der Waals surface area (Å²) in [5, 5.41) is 0.194. The largest absolute Gasteiger partial charge is 0.514 e. The SMILES string of the molecule is C#Cc1cc(C)ccc1OC(=O)OC(C)(C)C.ClCCl.S=PI.[3H]B(C)F.[3H]C#Cc1cc(C)ccc1OC(=O)OC(C)(C)C. The Morgan fingerprint density at radius 3 is 1.53 bits per heavy atom. The van der Waals surface area contributed by atoms with Crippen molar-refractivity contribution in [2.75, 3.05) is 5.34 Å². The van der Waals surface area contributed by atoms with Gasteiger partial charge in [0.15, 0.2) is 0 Å². The molecule has 0 aliphatic rings. The number of ether oxygens (including phenoxy) is 4. The lowest BCUT2D eigenvalue weighted by Crippen LogP contribution is -2.26. The van der Waals surface area contributed by atoms with Gasteiger partial charge in [0, 0.05) is 6.33 Å². The van der Waals surface area contributed by atoms with Gasteiger partial charge in [0.25, 0.3) is 0 Å². The Morgan fingerprint density at radius 2 is 1.28 bits per heavy atom. The Labute approximate surface area is 289 Å². The van der Waals surface area contributed by atoms with Gasteiger partial charge in [-0.1, -0.05) is 30.8 Å². The fraction of sp³-hybridized carbons (Fsp3) is 0.400. The molecule has 0 aliphatic carbocycles. The fourth-order valence-corrected chi connectivity index (χ4v) is 2.40. The minimum atomic E-state index is -1.42. The van der Waals surface area contributed by atoms with Crippen LogP contribution in [-0.4, -0.2) is 37.7 Å². The molecule has 0 aromatic heterocycles. The minimum absolute atomic E-state index is 0.194. The summed E-state index contributed by atoms with van der Waals surface area (Å²) >= 11 is 16.0. The average Bonchev–Trinajstić information content (AvgIpc) is 2.86. The van der Waals surface area contributed by atoms with E-state index in [0.29, 0.717) is 22.6 Å². The van der Waals surface area contributed by atoms with Crippen molar-refractivity contribution in [3.63, 3.8) is 0 Å². The lowest BCUT2D eigenvalue weighted by Gasteiger charge is -2.19. The highest BCUT2D eigenvalue weighted by Crippen LogP contribution is 2.21. The zero-order valence-electron chi connectivity index (χ0n) is 27.6. The van der Waals surface area contributed by atoms with Crippen molar-refractivity contribution >= 4 is 81.9 Å². The van der Waals surface area contributed by atoms with Crippen LogP contribution in [0, 0.1) is 38.5 Å². The molecule has 0 N–H and O–H groups in total. The van der Waals surface area contributed by atoms with Crippen LogP contribution in [-0.2, 0) is 21.3 Å². The predicted octanol–water partition coefficient (Wildman–Crippen LogP) is 10.1. The Bertz CT molecular complexity index is 1310. The first-order valence-corrected chi connectivity index (χ1v) is 18.0. The lowest BCUT2D eigenvalue weighted by molar-refractivity contribution is 0.0192. The van der Waals surface area contributed by atoms with E-state index in [1.165, 1.54) is 6.82 Å². The number of hydrogen-bond donors (Lipinski definition) is 0. The summed E-state index contributed by atoms with van der Waals surface area (Å²) in [6.07, 6.45) is 5.85. The molecular weight excluding hydrogens is 747 g/mol. The summed E-state index contributed by atoms with van der Waals surface area (Å²) in [5.41, 5.74) is 1.83. The van der Waals surface area contributed by atoms with Crippen LogP contribution < -0.4 is 9.47 Å². The van der Waals surface area contributed by atoms with Crippen molar-refractivity contribution in [3.8, 4) is 36.2 Å². The first kappa shape index (κ1) is 40.9. The highest BCUT2D eigenvalue weighted by atomic mass is 127. The van der Waals surface area contributed by atoms with E-state index in [9.17, 15) is 13.9 Å². The maximum absolute atomic E-state index is 11.5. The van der Waals surface area contributed by atoms with Gasteiger partial charge < -0.3 is 23.3 Å². The van der Waals surface area contributed by atoms with E-state index in [1.54, 1.807) is 71.9 Å². The van der Waals surface area contributed by atoms with E-state index in [2.05, 4.69) is 45.7 Å². The molecule has 0 saturated heterocycles. The molecule has 2 aromatic rings. The third kappa shape index (κ3) is 27.2. The summed E-state index contributed by atoms with van der Waals surface area (Å²) in [4.78, 5) is 24.0. The van der Waals surface area contributed by atoms with Crippen molar-refractivity contribution in [2.45, 2.75) is 73.4 Å². The number of alkyl halides is 2. The normalized spacial score (nSPS) is 10.0. The molecule has 0 radical (unpaired) electrons. The van der Waals surface area contributed by atoms with Gasteiger partial charge >= 0.3 is 19.8 Å². The molecular formula is C30H38BCl2FIO6PS. The topological polar surface area (TPSA) is 71.1 Å². The monoisotopic (exact) mass is 788 g/mol. The molecule has 0 aliphatic heterocycles. The van der Waals surface area contributed by atoms with Crippen LogP contribution in [0.15, 0.2) is 36.4 Å². The fourth-order valence-electron chi connectivity index (χ4n) is 2.40. The highest BCUT2D eigenvalue weighted by Gasteiger charge is 2.20. The molecule has 13 heteroatoms. The minimum Gasteiger partial charge on any atom is -0.428 e. The second kappa shape index (κ2) is 25.3. The standard InChI is InChI=1S/2C14H16O3.CH4BF.CH2Cl2.IPS/c2*1-6-11-9-10(2)7-8-12(11)16-13(15)17-14(3,4)5;1-2-3;2-1-3;1-2-3/h2*1,7-9H,2-5H3;2H,1H3;1H2;/i1T;;2T;;. The van der Waals surface area contributed by atoms with Crippen LogP contribution in [0.1, 0.15) is 65.2 Å². The van der Waals surface area contributed by atoms with Crippen molar-refractivity contribution in [1.29, 1.82) is 1.34 Å². The summed E-state index contributed by atoms with van der Waals surface area (Å²) in [6, 6.07) is 10.4. The lowest BCUT2D eigenvalue weighted by atomic mass is 10.1. The number of carbonyl (C=O) groups excluding carboxylic acids is 2. The molecule has 0 bridgehead atoms. The molecule has 0 amide bonds. The van der Waals surface area contributed by atoms with Crippen LogP contribution >= 0.6 is 50.2 Å². The average molecular weight is 789 g/mol. The van der Waals surface area contributed by atoms with E-state index in [4.69, 9.17) is 51.3 Å². The molecule has 236 valence electrons. The number of aryl methyl sites for hydroxylation is 2. The summed E-state index contributed by atoms with van der Waals surface area (Å²) in [5.74, 6) is 5.68. The van der Waals surface area contributed by atoms with E-state index in [1.807, 2.05) is 26.3 Å². The first-order chi connectivity index (χ1) is 20.7. The van der Waals surface area contributed by atoms with Crippen molar-refractivity contribution < 1.29 is 34.2 Å². The molecule has 6 nitrogen and oxygen atoms in total. The number of rotatable bonds is 2. The number of carbonyl (C=O) groups is 2. The maximum Gasteiger partial charge on any atom is 0.514 e. The number of hydrogen-bond acceptors (Lipinski definition) is 7. The van der Waals surface area contributed by atoms with Crippen LogP contribution in [0.2, 0.25) is 6.82 Å². The molecule has 0 fully saturated rings. The maximum atomic E-state index is 11.5. The van der Waals surface area contributed by atoms with Gasteiger partial charge in [0.05, 0.1) is 16.5 Å². The quantitative estimate of drug-likeness (QED) is 0.0571. The molecule has 43 heavy (non-hydrogen) atoms. The van der Waals surface area contributed by atoms with E-state index in [-0.39, 0.29) is 5.34 Å². The molecule has 2 rings (SSSR count). The van der Waals surface area contributed by atoms with E-state index in [0.717, 1.165) is 16.1 Å². The van der Waals surface area contributed by atoms with Gasteiger partial charge in [-0.3, -0.25) is 0 Å². The van der Waals surface area contributed by atoms with Crippen molar-refractivity contribution in [3.05, 3.63) is 58.7 Å². The molecule has 0 spiro atoms. The van der Waals surface area contributed by atoms with Crippen LogP contribution in [0.25, 0.3) is 0 Å². The Hall–Kier alpha value is -2.08. The van der Waals surface area contributed by atoms with Gasteiger partial charge in [0.1, 0.15) is 24.1 Å². The first-order valence-electron chi connectivity index (χ1n) is 13.3. The van der Waals surface area contributed by atoms with Gasteiger partial charge in [-0.2, -0.15) is 0 Å². The number of benzene rings is 2. The predicted molar refractivity (Wildman–Crippen MR) is 191 cm³/mol. The Morgan fingerprint density at radius 1 is 0.977 bits per heavy atom. The smallest absolute Gasteiger partial charge is 0.428 e. The van der Waals surface area contributed by atoms with Gasteiger partial charge in [-0.05, 0) is 125 Å². The Kier molecular flexibility index (Phi) is 24.1. The Balaban J connectivity index is -0.000000606. The molecule has 0 heterocycles. The number of terminal acetylenes is 2. The zero-order valence-corrected chi connectivity index (χ0v) is 31.0. The van der Waals surface area contributed by atoms with E-state index >= 15 is 0 Å². The van der Waals surface area contributed by atoms with Crippen molar-refractivity contribution in [1.82, 2.24) is 0 Å². The molecule has 2 aromatic carbocycles. The summed E-state index contributed by atoms with van der Waals surface area (Å²) in [7, 11) is -1.42. The van der Waals surface area contributed by atoms with Crippen LogP contribution in [0.3, 0.4) is 0 Å². The second-order valence-electron chi connectivity index (χ2n) is 9.79. The summed E-state index contributed by atoms with van der Waals surface area (Å²) < 4.78 is 43.7. The third-order valence-corrected chi connectivity index (χ3v) is 3.73. The zero-order chi connectivity index (χ0) is 35.8. The van der Waals surface area contributed by atoms with Gasteiger partial charge in [-0.25, -0.2) is 9.59 Å². The highest BCUT2D eigenvalue weighted by molar-refractivity contribution is 14.2. The second-order valence-corrected chi connectivity index (χ2v) is 14.7. The van der Waals surface area contributed by atoms with Crippen molar-refractivity contribution in [2.24, 2.45) is 0 Å². The van der Waals surface area contributed by atoms with Gasteiger partial charge in [-0.15, -0.1) is 36.0 Å². The molecule has 0 unspecified atom stereocenters. The third-order valence-electron chi connectivity index (χ3n) is 3.73. The van der Waals surface area contributed by atoms with E-state index < -0.39 is 31.0 Å². The molecule has 0 saturated carbocycles. The van der Waals surface area contributed by atoms with Crippen LogP contribution in [0.4, 0.5) is 13.9 Å². The van der Waals surface area contributed by atoms with Crippen LogP contribution in [0.5, 0.6) is 11.5 Å².